The molecule has 1 rings (SSSR count). The summed E-state index contributed by atoms with van der Waals surface area (Å²) in [7, 11) is 0. The summed E-state index contributed by atoms with van der Waals surface area (Å²) in [5.74, 6) is -5.35. The van der Waals surface area contributed by atoms with Gasteiger partial charge >= 0.3 is 5.97 Å². The Bertz CT molecular complexity index is 814. The number of rotatable bonds is 13. The number of nitrogens with two attached hydrogens (primary N) is 2. The van der Waals surface area contributed by atoms with Crippen molar-refractivity contribution in [1.82, 2.24) is 25.9 Å². The van der Waals surface area contributed by atoms with Crippen LogP contribution >= 0.6 is 0 Å². The number of hydrogen-bond acceptors (Lipinski definition) is 9. The summed E-state index contributed by atoms with van der Waals surface area (Å²) in [4.78, 5) is 66.3. The number of nitrogens with zero attached hydrogens (tertiary/aromatic N) is 1. The molecule has 0 aliphatic heterocycles. The third kappa shape index (κ3) is 8.29. The molecule has 0 aromatic carbocycles. The lowest BCUT2D eigenvalue weighted by Crippen LogP contribution is -2.59. The lowest BCUT2D eigenvalue weighted by molar-refractivity contribution is -0.143. The number of aromatic nitrogens is 2. The Labute approximate surface area is 181 Å². The second-order valence-electron chi connectivity index (χ2n) is 6.92. The van der Waals surface area contributed by atoms with E-state index in [0.29, 0.717) is 5.69 Å². The van der Waals surface area contributed by atoms with Crippen LogP contribution in [0.3, 0.4) is 0 Å². The third-order valence-electron chi connectivity index (χ3n) is 4.27. The number of aliphatic hydroxyl groups is 2. The van der Waals surface area contributed by atoms with E-state index in [0.717, 1.165) is 0 Å². The number of aromatic amines is 1. The van der Waals surface area contributed by atoms with Crippen molar-refractivity contribution in [3.63, 3.8) is 0 Å². The quantitative estimate of drug-likeness (QED) is 0.136. The number of aliphatic hydroxyl groups excluding tert-OH is 2. The van der Waals surface area contributed by atoms with Crippen molar-refractivity contribution in [2.45, 2.75) is 50.0 Å². The van der Waals surface area contributed by atoms with Crippen LogP contribution in [0.15, 0.2) is 12.5 Å². The second-order valence-corrected chi connectivity index (χ2v) is 6.92. The lowest BCUT2D eigenvalue weighted by atomic mass is 10.1. The van der Waals surface area contributed by atoms with Crippen LogP contribution in [-0.2, 0) is 30.4 Å². The number of carbonyl (C=O) groups is 5. The number of carboxylic acid groups (broad SMARTS) is 1. The highest BCUT2D eigenvalue weighted by Crippen LogP contribution is 2.03. The predicted octanol–water partition coefficient (Wildman–Crippen LogP) is -4.93. The highest BCUT2D eigenvalue weighted by atomic mass is 16.4. The summed E-state index contributed by atoms with van der Waals surface area (Å²) < 4.78 is 0. The van der Waals surface area contributed by atoms with Crippen LogP contribution in [0.1, 0.15) is 19.0 Å². The summed E-state index contributed by atoms with van der Waals surface area (Å²) in [6.07, 6.45) is 0.610. The van der Waals surface area contributed by atoms with Crippen molar-refractivity contribution in [2.75, 3.05) is 6.61 Å². The molecule has 0 saturated carbocycles. The van der Waals surface area contributed by atoms with E-state index in [-0.39, 0.29) is 6.42 Å². The van der Waals surface area contributed by atoms with Gasteiger partial charge in [-0.1, -0.05) is 0 Å². The van der Waals surface area contributed by atoms with Crippen LogP contribution in [0.25, 0.3) is 0 Å². The van der Waals surface area contributed by atoms with Gasteiger partial charge in [-0.15, -0.1) is 0 Å². The van der Waals surface area contributed by atoms with Crippen molar-refractivity contribution >= 4 is 29.6 Å². The van der Waals surface area contributed by atoms with E-state index in [1.165, 1.54) is 19.4 Å². The number of hydrogen-bond donors (Lipinski definition) is 9. The zero-order chi connectivity index (χ0) is 24.4. The highest BCUT2D eigenvalue weighted by Gasteiger charge is 2.32. The molecule has 15 nitrogen and oxygen atoms in total. The first kappa shape index (κ1) is 26.5. The summed E-state index contributed by atoms with van der Waals surface area (Å²) in [6.45, 7) is 0.349. The molecule has 0 aliphatic rings. The molecule has 5 atom stereocenters. The van der Waals surface area contributed by atoms with Crippen molar-refractivity contribution in [3.05, 3.63) is 18.2 Å². The third-order valence-corrected chi connectivity index (χ3v) is 4.27. The largest absolute Gasteiger partial charge is 0.480 e. The van der Waals surface area contributed by atoms with Gasteiger partial charge in [0.05, 0.1) is 25.5 Å². The fourth-order valence-electron chi connectivity index (χ4n) is 2.45. The minimum Gasteiger partial charge on any atom is -0.480 e. The van der Waals surface area contributed by atoms with Gasteiger partial charge in [-0.2, -0.15) is 0 Å². The maximum atomic E-state index is 12.7. The Hall–Kier alpha value is -3.56. The minimum atomic E-state index is -1.63. The van der Waals surface area contributed by atoms with Gasteiger partial charge in [0, 0.05) is 18.3 Å². The molecule has 178 valence electrons. The normalized spacial score (nSPS) is 15.5. The molecule has 4 amide bonds. The zero-order valence-corrected chi connectivity index (χ0v) is 17.1. The standard InChI is InChI=1S/C17H27N7O8/c1-7(26)13(19)16(30)23-10(3-12(18)27)15(29)22-9(2-8-4-20-6-21-8)14(28)24-11(5-25)17(31)32/h4,6-7,9-11,13,25-26H,2-3,5,19H2,1H3,(H2,18,27)(H,20,21)(H,22,29)(H,23,30)(H,24,28)(H,31,32). The van der Waals surface area contributed by atoms with E-state index in [1.54, 1.807) is 0 Å². The average Bonchev–Trinajstić information content (AvgIpc) is 3.22. The molecule has 32 heavy (non-hydrogen) atoms. The summed E-state index contributed by atoms with van der Waals surface area (Å²) in [6, 6.07) is -5.94. The first-order valence-electron chi connectivity index (χ1n) is 9.40. The Kier molecular flexibility index (Phi) is 10.2. The smallest absolute Gasteiger partial charge is 0.328 e. The van der Waals surface area contributed by atoms with E-state index < -0.39 is 72.9 Å². The van der Waals surface area contributed by atoms with Gasteiger partial charge in [0.25, 0.3) is 0 Å². The number of imidazole rings is 1. The Morgan fingerprint density at radius 1 is 1.06 bits per heavy atom. The molecule has 5 unspecified atom stereocenters. The molecule has 0 fully saturated rings. The Balaban J connectivity index is 3.04. The second kappa shape index (κ2) is 12.3. The number of carboxylic acids is 1. The van der Waals surface area contributed by atoms with Crippen LogP contribution in [0.5, 0.6) is 0 Å². The van der Waals surface area contributed by atoms with Crippen LogP contribution in [0.4, 0.5) is 0 Å². The van der Waals surface area contributed by atoms with Gasteiger partial charge in [-0.3, -0.25) is 19.2 Å². The van der Waals surface area contributed by atoms with Crippen molar-refractivity contribution < 1.29 is 39.3 Å². The van der Waals surface area contributed by atoms with Gasteiger partial charge in [0.1, 0.15) is 24.2 Å². The Morgan fingerprint density at radius 2 is 1.62 bits per heavy atom. The van der Waals surface area contributed by atoms with Crippen LogP contribution in [0.2, 0.25) is 0 Å². The van der Waals surface area contributed by atoms with Gasteiger partial charge in [0.2, 0.25) is 23.6 Å². The van der Waals surface area contributed by atoms with Gasteiger partial charge < -0.3 is 47.7 Å². The molecule has 0 spiro atoms. The van der Waals surface area contributed by atoms with Gasteiger partial charge in [-0.25, -0.2) is 9.78 Å². The van der Waals surface area contributed by atoms with Crippen LogP contribution in [-0.4, -0.2) is 91.8 Å². The summed E-state index contributed by atoms with van der Waals surface area (Å²) in [5, 5.41) is 34.1. The number of primary amides is 1. The first-order valence-corrected chi connectivity index (χ1v) is 9.40. The summed E-state index contributed by atoms with van der Waals surface area (Å²) >= 11 is 0. The molecule has 0 radical (unpaired) electrons. The van der Waals surface area contributed by atoms with E-state index >= 15 is 0 Å². The first-order chi connectivity index (χ1) is 15.0. The molecule has 1 aromatic heterocycles. The highest BCUT2D eigenvalue weighted by molar-refractivity contribution is 5.96. The van der Waals surface area contributed by atoms with Crippen LogP contribution < -0.4 is 27.4 Å². The molecular weight excluding hydrogens is 430 g/mol. The topological polar surface area (TPSA) is 263 Å². The minimum absolute atomic E-state index is 0.167. The number of H-pyrrole nitrogens is 1. The maximum absolute atomic E-state index is 12.7. The predicted molar refractivity (Wildman–Crippen MR) is 106 cm³/mol. The SMILES string of the molecule is CC(O)C(N)C(=O)NC(CC(N)=O)C(=O)NC(Cc1cnc[nH]1)C(=O)NC(CO)C(=O)O. The molecule has 0 bridgehead atoms. The van der Waals surface area contributed by atoms with Crippen molar-refractivity contribution in [3.8, 4) is 0 Å². The molecule has 0 saturated heterocycles. The maximum Gasteiger partial charge on any atom is 0.328 e. The van der Waals surface area contributed by atoms with Crippen LogP contribution in [0, 0.1) is 0 Å². The number of aliphatic carboxylic acids is 1. The number of carbonyl (C=O) groups excluding carboxylic acids is 4. The molecule has 0 aliphatic carbocycles. The van der Waals surface area contributed by atoms with Gasteiger partial charge in [-0.05, 0) is 6.92 Å². The molecular formula is C17H27N7O8. The Morgan fingerprint density at radius 3 is 2.09 bits per heavy atom. The van der Waals surface area contributed by atoms with E-state index in [9.17, 15) is 29.1 Å². The van der Waals surface area contributed by atoms with Crippen molar-refractivity contribution in [2.24, 2.45) is 11.5 Å². The van der Waals surface area contributed by atoms with Gasteiger partial charge in [0.15, 0.2) is 0 Å². The van der Waals surface area contributed by atoms with E-state index in [4.69, 9.17) is 21.7 Å². The monoisotopic (exact) mass is 457 g/mol. The average molecular weight is 457 g/mol. The number of amides is 4. The fraction of sp³-hybridized carbons (Fsp3) is 0.529. The zero-order valence-electron chi connectivity index (χ0n) is 17.1. The fourth-order valence-corrected chi connectivity index (χ4v) is 2.45. The molecule has 1 heterocycles. The van der Waals surface area contributed by atoms with Crippen molar-refractivity contribution in [1.29, 1.82) is 0 Å². The van der Waals surface area contributed by atoms with E-state index in [2.05, 4.69) is 25.9 Å². The summed E-state index contributed by atoms with van der Waals surface area (Å²) in [5.41, 5.74) is 11.0. The molecule has 15 heteroatoms. The molecule has 11 N–H and O–H groups in total. The molecule has 1 aromatic rings. The number of nitrogens with one attached hydrogen (secondary N) is 4. The lowest BCUT2D eigenvalue weighted by Gasteiger charge is -2.24. The van der Waals surface area contributed by atoms with E-state index in [1.807, 2.05) is 0 Å².